The van der Waals surface area contributed by atoms with Gasteiger partial charge < -0.3 is 25.2 Å². The zero-order valence-corrected chi connectivity index (χ0v) is 22.0. The van der Waals surface area contributed by atoms with Crippen LogP contribution in [0.2, 0.25) is 0 Å². The fourth-order valence-electron chi connectivity index (χ4n) is 3.65. The minimum Gasteiger partial charge on any atom is -0.385 e. The number of halogens is 1. The molecule has 0 radical (unpaired) electrons. The number of piperazine rings is 1. The zero-order chi connectivity index (χ0) is 21.4. The standard InChI is InChI=1S/C23H42N6O.HI/c1-4-24-23(26-13-16-27(2)14-9-21-30-3)25-12-8-15-28-17-19-29(20-18-28)22-10-6-5-7-11-22;/h5-7,10-11H,4,8-9,12-21H2,1-3H3,(H2,24,25,26);1H. The summed E-state index contributed by atoms with van der Waals surface area (Å²) in [4.78, 5) is 12.1. The van der Waals surface area contributed by atoms with Gasteiger partial charge in [-0.3, -0.25) is 9.89 Å². The molecule has 0 amide bonds. The van der Waals surface area contributed by atoms with Crippen molar-refractivity contribution < 1.29 is 4.74 Å². The van der Waals surface area contributed by atoms with Crippen molar-refractivity contribution in [1.82, 2.24) is 20.4 Å². The summed E-state index contributed by atoms with van der Waals surface area (Å²) < 4.78 is 5.11. The third kappa shape index (κ3) is 11.9. The Labute approximate surface area is 206 Å². The molecule has 178 valence electrons. The van der Waals surface area contributed by atoms with E-state index in [0.29, 0.717) is 0 Å². The van der Waals surface area contributed by atoms with E-state index in [9.17, 15) is 0 Å². The molecule has 1 aromatic carbocycles. The molecule has 1 aliphatic heterocycles. The van der Waals surface area contributed by atoms with Gasteiger partial charge in [0.1, 0.15) is 0 Å². The number of hydrogen-bond donors (Lipinski definition) is 2. The van der Waals surface area contributed by atoms with Crippen LogP contribution < -0.4 is 15.5 Å². The van der Waals surface area contributed by atoms with E-state index < -0.39 is 0 Å². The molecule has 1 aliphatic rings. The van der Waals surface area contributed by atoms with E-state index in [2.05, 4.69) is 69.6 Å². The summed E-state index contributed by atoms with van der Waals surface area (Å²) in [7, 11) is 3.91. The van der Waals surface area contributed by atoms with E-state index in [1.54, 1.807) is 7.11 Å². The van der Waals surface area contributed by atoms with Crippen LogP contribution in [0.3, 0.4) is 0 Å². The lowest BCUT2D eigenvalue weighted by Crippen LogP contribution is -2.46. The van der Waals surface area contributed by atoms with Crippen LogP contribution in [0.15, 0.2) is 35.3 Å². The summed E-state index contributed by atoms with van der Waals surface area (Å²) in [6, 6.07) is 10.7. The summed E-state index contributed by atoms with van der Waals surface area (Å²) in [5.41, 5.74) is 1.34. The maximum absolute atomic E-state index is 5.11. The number of methoxy groups -OCH3 is 1. The van der Waals surface area contributed by atoms with E-state index in [4.69, 9.17) is 9.73 Å². The molecule has 1 saturated heterocycles. The fourth-order valence-corrected chi connectivity index (χ4v) is 3.65. The molecule has 1 aromatic rings. The first-order chi connectivity index (χ1) is 14.7. The van der Waals surface area contributed by atoms with E-state index in [1.807, 2.05) is 0 Å². The van der Waals surface area contributed by atoms with Gasteiger partial charge in [-0.2, -0.15) is 0 Å². The first-order valence-electron chi connectivity index (χ1n) is 11.4. The number of benzene rings is 1. The first-order valence-corrected chi connectivity index (χ1v) is 11.4. The van der Waals surface area contributed by atoms with Gasteiger partial charge in [0.05, 0.1) is 0 Å². The lowest BCUT2D eigenvalue weighted by atomic mass is 10.2. The highest BCUT2D eigenvalue weighted by Gasteiger charge is 2.16. The summed E-state index contributed by atoms with van der Waals surface area (Å²) >= 11 is 0. The van der Waals surface area contributed by atoms with Crippen LogP contribution in [-0.4, -0.2) is 102 Å². The Morgan fingerprint density at radius 2 is 1.81 bits per heavy atom. The van der Waals surface area contributed by atoms with E-state index in [1.165, 1.54) is 5.69 Å². The molecule has 0 unspecified atom stereocenters. The SMILES string of the molecule is CCNC(=NCCCN1CCN(c2ccccc2)CC1)NCCN(C)CCCOC.I. The number of hydrogen-bond acceptors (Lipinski definition) is 5. The Bertz CT molecular complexity index is 581. The van der Waals surface area contributed by atoms with Gasteiger partial charge in [0.15, 0.2) is 5.96 Å². The molecule has 2 N–H and O–H groups in total. The van der Waals surface area contributed by atoms with Gasteiger partial charge >= 0.3 is 0 Å². The van der Waals surface area contributed by atoms with Gasteiger partial charge in [-0.25, -0.2) is 0 Å². The van der Waals surface area contributed by atoms with Crippen LogP contribution in [0, 0.1) is 0 Å². The van der Waals surface area contributed by atoms with Gasteiger partial charge in [-0.15, -0.1) is 24.0 Å². The summed E-state index contributed by atoms with van der Waals surface area (Å²) in [6.07, 6.45) is 2.17. The number of aliphatic imine (C=N–C) groups is 1. The molecule has 0 atom stereocenters. The molecule has 0 aliphatic carbocycles. The Balaban J connectivity index is 0.00000480. The van der Waals surface area contributed by atoms with E-state index in [-0.39, 0.29) is 24.0 Å². The second kappa shape index (κ2) is 17.5. The highest BCUT2D eigenvalue weighted by atomic mass is 127. The summed E-state index contributed by atoms with van der Waals surface area (Å²) in [5.74, 6) is 0.927. The van der Waals surface area contributed by atoms with Gasteiger partial charge in [0.2, 0.25) is 0 Å². The molecular weight excluding hydrogens is 503 g/mol. The van der Waals surface area contributed by atoms with E-state index >= 15 is 0 Å². The molecule has 1 heterocycles. The number of nitrogens with one attached hydrogen (secondary N) is 2. The number of guanidine groups is 1. The van der Waals surface area contributed by atoms with Crippen molar-refractivity contribution in [1.29, 1.82) is 0 Å². The Morgan fingerprint density at radius 1 is 1.06 bits per heavy atom. The molecule has 7 nitrogen and oxygen atoms in total. The minimum atomic E-state index is 0. The molecule has 0 bridgehead atoms. The number of anilines is 1. The molecule has 31 heavy (non-hydrogen) atoms. The first kappa shape index (κ1) is 27.9. The number of likely N-dealkylation sites (N-methyl/N-ethyl adjacent to an activating group) is 1. The smallest absolute Gasteiger partial charge is 0.191 e. The number of nitrogens with zero attached hydrogens (tertiary/aromatic N) is 4. The predicted octanol–water partition coefficient (Wildman–Crippen LogP) is 2.34. The highest BCUT2D eigenvalue weighted by molar-refractivity contribution is 14.0. The van der Waals surface area contributed by atoms with Crippen molar-refractivity contribution in [2.75, 3.05) is 91.1 Å². The van der Waals surface area contributed by atoms with Gasteiger partial charge in [0.25, 0.3) is 0 Å². The van der Waals surface area contributed by atoms with Crippen molar-refractivity contribution in [3.63, 3.8) is 0 Å². The quantitative estimate of drug-likeness (QED) is 0.172. The Hall–Kier alpha value is -1.10. The van der Waals surface area contributed by atoms with Crippen LogP contribution in [0.4, 0.5) is 5.69 Å². The molecule has 0 spiro atoms. The second-order valence-corrected chi connectivity index (χ2v) is 7.85. The average Bonchev–Trinajstić information content (AvgIpc) is 2.78. The number of para-hydroxylation sites is 1. The van der Waals surface area contributed by atoms with Crippen molar-refractivity contribution in [2.45, 2.75) is 19.8 Å². The van der Waals surface area contributed by atoms with Crippen LogP contribution in [-0.2, 0) is 4.74 Å². The Kier molecular flexibility index (Phi) is 15.7. The van der Waals surface area contributed by atoms with E-state index in [0.717, 1.165) is 90.9 Å². The largest absolute Gasteiger partial charge is 0.385 e. The Morgan fingerprint density at radius 3 is 2.48 bits per heavy atom. The van der Waals surface area contributed by atoms with Crippen LogP contribution in [0.25, 0.3) is 0 Å². The van der Waals surface area contributed by atoms with Crippen LogP contribution >= 0.6 is 24.0 Å². The highest BCUT2D eigenvalue weighted by Crippen LogP contribution is 2.15. The lowest BCUT2D eigenvalue weighted by molar-refractivity contribution is 0.180. The van der Waals surface area contributed by atoms with Gasteiger partial charge in [-0.05, 0) is 38.9 Å². The van der Waals surface area contributed by atoms with Crippen molar-refractivity contribution in [3.8, 4) is 0 Å². The zero-order valence-electron chi connectivity index (χ0n) is 19.7. The molecular formula is C23H43IN6O. The van der Waals surface area contributed by atoms with Crippen molar-refractivity contribution >= 4 is 35.6 Å². The number of rotatable bonds is 13. The van der Waals surface area contributed by atoms with Gasteiger partial charge in [0, 0.05) is 84.9 Å². The molecule has 2 rings (SSSR count). The average molecular weight is 547 g/mol. The third-order valence-corrected chi connectivity index (χ3v) is 5.41. The molecule has 1 fully saturated rings. The van der Waals surface area contributed by atoms with Crippen molar-refractivity contribution in [3.05, 3.63) is 30.3 Å². The topological polar surface area (TPSA) is 55.4 Å². The normalized spacial score (nSPS) is 15.1. The monoisotopic (exact) mass is 546 g/mol. The fraction of sp³-hybridized carbons (Fsp3) is 0.696. The predicted molar refractivity (Wildman–Crippen MR) is 143 cm³/mol. The van der Waals surface area contributed by atoms with Crippen molar-refractivity contribution in [2.24, 2.45) is 4.99 Å². The maximum Gasteiger partial charge on any atom is 0.191 e. The molecule has 0 aromatic heterocycles. The van der Waals surface area contributed by atoms with Crippen LogP contribution in [0.1, 0.15) is 19.8 Å². The maximum atomic E-state index is 5.11. The third-order valence-electron chi connectivity index (χ3n) is 5.41. The lowest BCUT2D eigenvalue weighted by Gasteiger charge is -2.36. The summed E-state index contributed by atoms with van der Waals surface area (Å²) in [5, 5.41) is 6.80. The molecule has 0 saturated carbocycles. The molecule has 8 heteroatoms. The summed E-state index contributed by atoms with van der Waals surface area (Å²) in [6.45, 7) is 13.2. The minimum absolute atomic E-state index is 0. The van der Waals surface area contributed by atoms with Crippen LogP contribution in [0.5, 0.6) is 0 Å². The van der Waals surface area contributed by atoms with Gasteiger partial charge in [-0.1, -0.05) is 18.2 Å². The number of ether oxygens (including phenoxy) is 1. The second-order valence-electron chi connectivity index (χ2n) is 7.85.